The van der Waals surface area contributed by atoms with E-state index in [1.54, 1.807) is 0 Å². The van der Waals surface area contributed by atoms with Crippen LogP contribution in [0.2, 0.25) is 0 Å². The van der Waals surface area contributed by atoms with Crippen molar-refractivity contribution in [1.82, 2.24) is 0 Å². The minimum atomic E-state index is -0.709. The summed E-state index contributed by atoms with van der Waals surface area (Å²) in [5.41, 5.74) is 0. The van der Waals surface area contributed by atoms with E-state index in [0.29, 0.717) is 32.5 Å². The molecule has 0 aromatic rings. The molecular weight excluding hydrogens is 324 g/mol. The fourth-order valence-electron chi connectivity index (χ4n) is 1.86. The summed E-state index contributed by atoms with van der Waals surface area (Å²) < 4.78 is 22.2. The number of hydrogen-bond acceptors (Lipinski definition) is 8. The van der Waals surface area contributed by atoms with Crippen LogP contribution >= 0.6 is 0 Å². The lowest BCUT2D eigenvalue weighted by Crippen LogP contribution is -2.35. The highest BCUT2D eigenvalue weighted by Crippen LogP contribution is 2.14. The van der Waals surface area contributed by atoms with E-state index in [-0.39, 0.29) is 39.1 Å². The molecule has 0 aliphatic rings. The number of hydrogen-bond donors (Lipinski definition) is 0. The van der Waals surface area contributed by atoms with Crippen molar-refractivity contribution < 1.29 is 18.9 Å². The molecule has 8 heteroatoms. The second-order valence-electron chi connectivity index (χ2n) is 4.91. The molecular formula is C17H24N4O4. The predicted octanol–water partition coefficient (Wildman–Crippen LogP) is 2.18. The largest absolute Gasteiger partial charge is 0.380 e. The van der Waals surface area contributed by atoms with Crippen LogP contribution in [0.4, 0.5) is 0 Å². The first-order chi connectivity index (χ1) is 12.3. The van der Waals surface area contributed by atoms with E-state index in [9.17, 15) is 0 Å². The third kappa shape index (κ3) is 13.9. The second-order valence-corrected chi connectivity index (χ2v) is 4.91. The zero-order valence-corrected chi connectivity index (χ0v) is 14.4. The van der Waals surface area contributed by atoms with Gasteiger partial charge < -0.3 is 18.9 Å². The molecule has 8 nitrogen and oxygen atoms in total. The zero-order chi connectivity index (χ0) is 18.6. The van der Waals surface area contributed by atoms with Gasteiger partial charge in [0.05, 0.1) is 76.4 Å². The summed E-state index contributed by atoms with van der Waals surface area (Å²) in [6, 6.07) is 7.99. The smallest absolute Gasteiger partial charge is 0.183 e. The molecule has 0 saturated heterocycles. The highest BCUT2D eigenvalue weighted by molar-refractivity contribution is 4.73. The average molecular weight is 348 g/mol. The van der Waals surface area contributed by atoms with Gasteiger partial charge in [0.15, 0.2) is 6.29 Å². The zero-order valence-electron chi connectivity index (χ0n) is 14.4. The lowest BCUT2D eigenvalue weighted by Gasteiger charge is -2.27. The minimum absolute atomic E-state index is 0.199. The van der Waals surface area contributed by atoms with Gasteiger partial charge in [-0.2, -0.15) is 21.0 Å². The monoisotopic (exact) mass is 348 g/mol. The molecule has 1 atom stereocenters. The molecule has 0 spiro atoms. The van der Waals surface area contributed by atoms with Gasteiger partial charge in [-0.25, -0.2) is 0 Å². The van der Waals surface area contributed by atoms with Crippen molar-refractivity contribution in [2.45, 2.75) is 50.9 Å². The van der Waals surface area contributed by atoms with Gasteiger partial charge in [-0.15, -0.1) is 0 Å². The molecule has 0 N–H and O–H groups in total. The topological polar surface area (TPSA) is 132 Å². The van der Waals surface area contributed by atoms with Crippen LogP contribution < -0.4 is 0 Å². The van der Waals surface area contributed by atoms with Crippen LogP contribution in [-0.2, 0) is 18.9 Å². The van der Waals surface area contributed by atoms with Crippen LogP contribution in [0.25, 0.3) is 0 Å². The van der Waals surface area contributed by atoms with Gasteiger partial charge >= 0.3 is 0 Å². The van der Waals surface area contributed by atoms with Crippen LogP contribution in [0.3, 0.4) is 0 Å². The Balaban J connectivity index is 4.51. The van der Waals surface area contributed by atoms with Gasteiger partial charge in [0.1, 0.15) is 6.10 Å². The molecule has 0 amide bonds. The fraction of sp³-hybridized carbons (Fsp3) is 0.765. The van der Waals surface area contributed by atoms with E-state index < -0.39 is 12.4 Å². The Labute approximate surface area is 149 Å². The second kappa shape index (κ2) is 18.1. The maximum absolute atomic E-state index is 8.65. The Morgan fingerprint density at radius 1 is 0.600 bits per heavy atom. The van der Waals surface area contributed by atoms with Crippen LogP contribution in [0.15, 0.2) is 0 Å². The molecule has 0 aliphatic carbocycles. The van der Waals surface area contributed by atoms with E-state index in [1.807, 2.05) is 24.3 Å². The number of nitrogens with zero attached hydrogens (tertiary/aromatic N) is 4. The Morgan fingerprint density at radius 3 is 1.60 bits per heavy atom. The summed E-state index contributed by atoms with van der Waals surface area (Å²) >= 11 is 0. The van der Waals surface area contributed by atoms with Gasteiger partial charge in [-0.1, -0.05) is 0 Å². The maximum Gasteiger partial charge on any atom is 0.183 e. The Kier molecular flexibility index (Phi) is 16.5. The third-order valence-corrected chi connectivity index (χ3v) is 2.98. The van der Waals surface area contributed by atoms with Crippen LogP contribution in [0.1, 0.15) is 38.5 Å². The van der Waals surface area contributed by atoms with Crippen molar-refractivity contribution in [3.63, 3.8) is 0 Å². The maximum atomic E-state index is 8.65. The lowest BCUT2D eigenvalue weighted by atomic mass is 10.2. The third-order valence-electron chi connectivity index (χ3n) is 2.98. The molecule has 0 aromatic heterocycles. The van der Waals surface area contributed by atoms with E-state index in [4.69, 9.17) is 40.0 Å². The van der Waals surface area contributed by atoms with Crippen molar-refractivity contribution in [3.05, 3.63) is 0 Å². The SMILES string of the molecule is N#CCCOCCC[C@@H](OCCC#N)C(OCCC#N)OCCC#N. The van der Waals surface area contributed by atoms with Crippen molar-refractivity contribution >= 4 is 0 Å². The fourth-order valence-corrected chi connectivity index (χ4v) is 1.86. The lowest BCUT2D eigenvalue weighted by molar-refractivity contribution is -0.207. The molecule has 0 aliphatic heterocycles. The Bertz CT molecular complexity index is 467. The normalized spacial score (nSPS) is 11.2. The number of nitriles is 4. The molecule has 0 fully saturated rings. The first kappa shape index (κ1) is 22.8. The van der Waals surface area contributed by atoms with E-state index in [1.165, 1.54) is 0 Å². The van der Waals surface area contributed by atoms with Gasteiger partial charge in [0.2, 0.25) is 0 Å². The minimum Gasteiger partial charge on any atom is -0.380 e. The molecule has 0 aromatic carbocycles. The van der Waals surface area contributed by atoms with Crippen molar-refractivity contribution in [1.29, 1.82) is 21.0 Å². The van der Waals surface area contributed by atoms with Crippen LogP contribution in [-0.4, -0.2) is 45.4 Å². The summed E-state index contributed by atoms with van der Waals surface area (Å²) in [5.74, 6) is 0. The van der Waals surface area contributed by atoms with Gasteiger partial charge in [0.25, 0.3) is 0 Å². The number of rotatable bonds is 16. The molecule has 0 saturated carbocycles. The molecule has 0 radical (unpaired) electrons. The van der Waals surface area contributed by atoms with E-state index in [2.05, 4.69) is 0 Å². The molecule has 0 bridgehead atoms. The summed E-state index contributed by atoms with van der Waals surface area (Å²) in [7, 11) is 0. The highest BCUT2D eigenvalue weighted by Gasteiger charge is 2.23. The van der Waals surface area contributed by atoms with Gasteiger partial charge in [-0.05, 0) is 12.8 Å². The van der Waals surface area contributed by atoms with Gasteiger partial charge in [0, 0.05) is 6.61 Å². The molecule has 25 heavy (non-hydrogen) atoms. The first-order valence-electron chi connectivity index (χ1n) is 8.20. The van der Waals surface area contributed by atoms with Crippen molar-refractivity contribution in [2.24, 2.45) is 0 Å². The Morgan fingerprint density at radius 2 is 1.08 bits per heavy atom. The summed E-state index contributed by atoms with van der Waals surface area (Å²) in [6.45, 7) is 1.51. The summed E-state index contributed by atoms with van der Waals surface area (Å²) in [4.78, 5) is 0. The first-order valence-corrected chi connectivity index (χ1v) is 8.20. The standard InChI is InChI=1S/C17H24N4O4/c18-7-2-12-22-11-1-6-16(23-13-3-8-19)17(24-14-4-9-20)25-15-5-10-21/h16-17H,1-6,11-15H2/t16-/m1/s1. The van der Waals surface area contributed by atoms with E-state index >= 15 is 0 Å². The summed E-state index contributed by atoms with van der Waals surface area (Å²) in [5, 5.41) is 34.4. The van der Waals surface area contributed by atoms with E-state index in [0.717, 1.165) is 0 Å². The molecule has 0 heterocycles. The van der Waals surface area contributed by atoms with Crippen molar-refractivity contribution in [2.75, 3.05) is 33.0 Å². The summed E-state index contributed by atoms with van der Waals surface area (Å²) in [6.07, 6.45) is 1.15. The molecule has 0 rings (SSSR count). The number of ether oxygens (including phenoxy) is 4. The average Bonchev–Trinajstić information content (AvgIpc) is 2.62. The highest BCUT2D eigenvalue weighted by atomic mass is 16.7. The quantitative estimate of drug-likeness (QED) is 0.306. The predicted molar refractivity (Wildman–Crippen MR) is 86.4 cm³/mol. The molecule has 0 unspecified atom stereocenters. The van der Waals surface area contributed by atoms with Crippen molar-refractivity contribution in [3.8, 4) is 24.3 Å². The molecule has 136 valence electrons. The Hall–Kier alpha value is -2.20. The van der Waals surface area contributed by atoms with Crippen LogP contribution in [0, 0.1) is 45.3 Å². The van der Waals surface area contributed by atoms with Gasteiger partial charge in [-0.3, -0.25) is 0 Å². The van der Waals surface area contributed by atoms with Crippen LogP contribution in [0.5, 0.6) is 0 Å².